The number of H-pyrrole nitrogens is 2. The summed E-state index contributed by atoms with van der Waals surface area (Å²) in [5.74, 6) is 2.06. The zero-order valence-electron chi connectivity index (χ0n) is 24.2. The molecule has 4 heterocycles. The van der Waals surface area contributed by atoms with Crippen molar-refractivity contribution in [3.05, 3.63) is 108 Å². The highest BCUT2D eigenvalue weighted by Gasteiger charge is 2.20. The van der Waals surface area contributed by atoms with Gasteiger partial charge in [-0.05, 0) is 84.4 Å². The molecular formula is C34H38Cl4N6. The van der Waals surface area contributed by atoms with Crippen LogP contribution < -0.4 is 10.6 Å². The predicted molar refractivity (Wildman–Crippen MR) is 193 cm³/mol. The molecule has 6 nitrogen and oxygen atoms in total. The van der Waals surface area contributed by atoms with Gasteiger partial charge in [-0.2, -0.15) is 0 Å². The second kappa shape index (κ2) is 16.3. The van der Waals surface area contributed by atoms with Crippen molar-refractivity contribution in [1.82, 2.24) is 30.6 Å². The van der Waals surface area contributed by atoms with Crippen LogP contribution in [0.4, 0.5) is 0 Å². The van der Waals surface area contributed by atoms with Crippen molar-refractivity contribution in [3.8, 4) is 22.4 Å². The first-order valence-electron chi connectivity index (χ1n) is 14.4. The van der Waals surface area contributed by atoms with E-state index in [9.17, 15) is 0 Å². The Labute approximate surface area is 283 Å². The smallest absolute Gasteiger partial charge is 0.123 e. The van der Waals surface area contributed by atoms with Gasteiger partial charge in [-0.3, -0.25) is 0 Å². The Hall–Kier alpha value is -3.10. The highest BCUT2D eigenvalue weighted by Crippen LogP contribution is 2.33. The van der Waals surface area contributed by atoms with E-state index in [1.54, 1.807) is 0 Å². The van der Waals surface area contributed by atoms with Crippen LogP contribution in [0.25, 0.3) is 45.3 Å². The number of fused-ring (bicyclic) bond motifs is 1. The van der Waals surface area contributed by atoms with Gasteiger partial charge in [0.15, 0.2) is 0 Å². The highest BCUT2D eigenvalue weighted by atomic mass is 35.5. The molecular weight excluding hydrogens is 634 g/mol. The van der Waals surface area contributed by atoms with Crippen LogP contribution >= 0.6 is 49.6 Å². The van der Waals surface area contributed by atoms with E-state index >= 15 is 0 Å². The lowest BCUT2D eigenvalue weighted by Crippen LogP contribution is -2.14. The van der Waals surface area contributed by atoms with Crippen LogP contribution in [0.2, 0.25) is 0 Å². The summed E-state index contributed by atoms with van der Waals surface area (Å²) < 4.78 is 0. The molecule has 0 spiro atoms. The van der Waals surface area contributed by atoms with Crippen molar-refractivity contribution in [3.63, 3.8) is 0 Å². The number of halogens is 4. The first kappa shape index (κ1) is 35.4. The number of nitrogens with one attached hydrogen (secondary N) is 4. The number of hydrogen-bond acceptors (Lipinski definition) is 4. The zero-order chi connectivity index (χ0) is 26.7. The number of nitrogens with zero attached hydrogens (tertiary/aromatic N) is 2. The van der Waals surface area contributed by atoms with Crippen molar-refractivity contribution in [1.29, 1.82) is 0 Å². The van der Waals surface area contributed by atoms with Gasteiger partial charge in [-0.15, -0.1) is 49.6 Å². The van der Waals surface area contributed by atoms with E-state index in [4.69, 9.17) is 4.98 Å². The van der Waals surface area contributed by atoms with Gasteiger partial charge >= 0.3 is 0 Å². The molecule has 0 unspecified atom stereocenters. The summed E-state index contributed by atoms with van der Waals surface area (Å²) in [6, 6.07) is 22.6. The molecule has 2 aliphatic heterocycles. The monoisotopic (exact) mass is 670 g/mol. The van der Waals surface area contributed by atoms with Crippen molar-refractivity contribution >= 4 is 72.6 Å². The maximum absolute atomic E-state index is 4.70. The largest absolute Gasteiger partial charge is 0.341 e. The molecule has 5 aromatic rings. The number of benzene rings is 3. The van der Waals surface area contributed by atoms with Gasteiger partial charge in [-0.1, -0.05) is 66.8 Å². The fourth-order valence-corrected chi connectivity index (χ4v) is 5.90. The van der Waals surface area contributed by atoms with Crippen molar-refractivity contribution < 1.29 is 0 Å². The molecule has 2 saturated heterocycles. The molecule has 2 aromatic heterocycles. The van der Waals surface area contributed by atoms with Crippen LogP contribution in [-0.2, 0) is 0 Å². The Balaban J connectivity index is 0.00000132. The predicted octanol–water partition coefficient (Wildman–Crippen LogP) is 8.88. The Morgan fingerprint density at radius 3 is 2.02 bits per heavy atom. The minimum absolute atomic E-state index is 0. The van der Waals surface area contributed by atoms with Crippen LogP contribution in [0.3, 0.4) is 0 Å². The van der Waals surface area contributed by atoms with Crippen LogP contribution in [0.15, 0.2) is 85.2 Å². The molecule has 7 rings (SSSR count). The van der Waals surface area contributed by atoms with E-state index in [-0.39, 0.29) is 49.6 Å². The fraction of sp³-hybridized carbons (Fsp3) is 0.235. The third kappa shape index (κ3) is 7.75. The van der Waals surface area contributed by atoms with Crippen LogP contribution in [0.5, 0.6) is 0 Å². The van der Waals surface area contributed by atoms with E-state index in [1.807, 2.05) is 12.4 Å². The van der Waals surface area contributed by atoms with Gasteiger partial charge in [0.2, 0.25) is 0 Å². The lowest BCUT2D eigenvalue weighted by Gasteiger charge is -2.11. The highest BCUT2D eigenvalue weighted by molar-refractivity contribution is 5.90. The van der Waals surface area contributed by atoms with Crippen LogP contribution in [-0.4, -0.2) is 33.0 Å². The van der Waals surface area contributed by atoms with Crippen molar-refractivity contribution in [2.75, 3.05) is 13.1 Å². The van der Waals surface area contributed by atoms with Crippen LogP contribution in [0.1, 0.15) is 60.7 Å². The molecule has 0 saturated carbocycles. The maximum atomic E-state index is 4.70. The van der Waals surface area contributed by atoms with Gasteiger partial charge < -0.3 is 20.6 Å². The van der Waals surface area contributed by atoms with Gasteiger partial charge in [0.1, 0.15) is 11.6 Å². The Morgan fingerprint density at radius 2 is 1.30 bits per heavy atom. The molecule has 232 valence electrons. The lowest BCUT2D eigenvalue weighted by molar-refractivity contribution is 0.612. The van der Waals surface area contributed by atoms with E-state index in [0.717, 1.165) is 54.5 Å². The lowest BCUT2D eigenvalue weighted by atomic mass is 9.94. The Kier molecular flexibility index (Phi) is 13.1. The summed E-state index contributed by atoms with van der Waals surface area (Å²) >= 11 is 0. The summed E-state index contributed by atoms with van der Waals surface area (Å²) in [5, 5.41) is 9.52. The number of rotatable bonds is 7. The van der Waals surface area contributed by atoms with Gasteiger partial charge in [0, 0.05) is 5.56 Å². The molecule has 0 radical (unpaired) electrons. The standard InChI is InChI=1S/C34H34N6.4ClH/c1-2-9-25-19-26(15-13-23(25)7-1)29-20-27(32-22-38-34(40-32)31-12-6-18-36-31)16-14-24(29)8-3-4-10-28-21-37-33(39-28)30-11-5-17-35-30;;;;/h1-4,7-10,13-16,19-22,30-31,35-36H,5-6,11-12,17-18H2,(H,37,39)(H,38,40);4*1H/t30-,31-;;;;/m0..../s1. The van der Waals surface area contributed by atoms with Gasteiger partial charge in [0.25, 0.3) is 0 Å². The minimum atomic E-state index is 0. The third-order valence-electron chi connectivity index (χ3n) is 8.08. The van der Waals surface area contributed by atoms with E-state index in [0.29, 0.717) is 12.1 Å². The molecule has 2 fully saturated rings. The molecule has 0 aliphatic carbocycles. The van der Waals surface area contributed by atoms with Gasteiger partial charge in [0.05, 0.1) is 35.9 Å². The van der Waals surface area contributed by atoms with Gasteiger partial charge in [-0.25, -0.2) is 9.97 Å². The first-order chi connectivity index (χ1) is 19.8. The Morgan fingerprint density at radius 1 is 0.636 bits per heavy atom. The molecule has 2 aliphatic rings. The minimum Gasteiger partial charge on any atom is -0.341 e. The maximum Gasteiger partial charge on any atom is 0.123 e. The average Bonchev–Trinajstić information content (AvgIpc) is 3.82. The number of imidazole rings is 2. The van der Waals surface area contributed by atoms with E-state index in [1.165, 1.54) is 40.3 Å². The fourth-order valence-electron chi connectivity index (χ4n) is 5.90. The number of aromatic amines is 2. The molecule has 4 N–H and O–H groups in total. The number of hydrogen-bond donors (Lipinski definition) is 4. The molecule has 3 aromatic carbocycles. The molecule has 44 heavy (non-hydrogen) atoms. The summed E-state index contributed by atoms with van der Waals surface area (Å²) in [6.45, 7) is 2.12. The SMILES string of the molecule is C(C=Cc1ccc(-c2cnc([C@@H]3CCCN3)[nH]2)cc1-c1ccc2ccccc2c1)=Cc1cnc([C@@H]2CCCN2)[nH]1.Cl.Cl.Cl.Cl. The van der Waals surface area contributed by atoms with E-state index < -0.39 is 0 Å². The zero-order valence-corrected chi connectivity index (χ0v) is 27.4. The number of aromatic nitrogens is 4. The summed E-state index contributed by atoms with van der Waals surface area (Å²) in [5.41, 5.74) is 6.76. The second-order valence-electron chi connectivity index (χ2n) is 10.8. The summed E-state index contributed by atoms with van der Waals surface area (Å²) in [4.78, 5) is 16.3. The number of allylic oxidation sites excluding steroid dienone is 2. The first-order valence-corrected chi connectivity index (χ1v) is 14.4. The van der Waals surface area contributed by atoms with Crippen molar-refractivity contribution in [2.45, 2.75) is 37.8 Å². The van der Waals surface area contributed by atoms with E-state index in [2.05, 4.69) is 111 Å². The normalized spacial score (nSPS) is 17.7. The second-order valence-corrected chi connectivity index (χ2v) is 10.8. The van der Waals surface area contributed by atoms with Crippen LogP contribution in [0, 0.1) is 0 Å². The molecule has 0 bridgehead atoms. The molecule has 2 atom stereocenters. The average molecular weight is 673 g/mol. The third-order valence-corrected chi connectivity index (χ3v) is 8.08. The topological polar surface area (TPSA) is 81.4 Å². The summed E-state index contributed by atoms with van der Waals surface area (Å²) in [6.07, 6.45) is 17.0. The molecule has 10 heteroatoms. The quantitative estimate of drug-likeness (QED) is 0.130. The van der Waals surface area contributed by atoms with Crippen molar-refractivity contribution in [2.24, 2.45) is 0 Å². The summed E-state index contributed by atoms with van der Waals surface area (Å²) in [7, 11) is 0. The molecule has 0 amide bonds. The Bertz CT molecular complexity index is 1700.